The van der Waals surface area contributed by atoms with Crippen LogP contribution in [0.15, 0.2) is 17.5 Å². The Hall–Kier alpha value is -0.870. The molecule has 0 bridgehead atoms. The molecular formula is C10H13NO2S. The maximum absolute atomic E-state index is 10.7. The van der Waals surface area contributed by atoms with Crippen molar-refractivity contribution in [1.82, 2.24) is 5.32 Å². The van der Waals surface area contributed by atoms with E-state index in [4.69, 9.17) is 5.11 Å². The van der Waals surface area contributed by atoms with E-state index in [-0.39, 0.29) is 12.5 Å². The minimum absolute atomic E-state index is 0.000000000000000666. The van der Waals surface area contributed by atoms with Gasteiger partial charge >= 0.3 is 5.97 Å². The summed E-state index contributed by atoms with van der Waals surface area (Å²) in [7, 11) is 0. The molecule has 1 aliphatic carbocycles. The van der Waals surface area contributed by atoms with Gasteiger partial charge in [-0.15, -0.1) is 11.3 Å². The van der Waals surface area contributed by atoms with Crippen LogP contribution >= 0.6 is 11.3 Å². The molecule has 0 aliphatic heterocycles. The topological polar surface area (TPSA) is 49.3 Å². The highest BCUT2D eigenvalue weighted by atomic mass is 32.1. The van der Waals surface area contributed by atoms with Gasteiger partial charge in [0.05, 0.1) is 12.5 Å². The van der Waals surface area contributed by atoms with Crippen LogP contribution in [0.4, 0.5) is 0 Å². The predicted octanol–water partition coefficient (Wildman–Crippen LogP) is 2.02. The summed E-state index contributed by atoms with van der Waals surface area (Å²) in [5, 5.41) is 14.1. The Balaban J connectivity index is 2.00. The SMILES string of the molecule is O=C(O)CC(NC1CC1)c1cccs1. The van der Waals surface area contributed by atoms with Crippen LogP contribution in [0.5, 0.6) is 0 Å². The van der Waals surface area contributed by atoms with Crippen LogP contribution in [0.2, 0.25) is 0 Å². The zero-order valence-electron chi connectivity index (χ0n) is 7.77. The van der Waals surface area contributed by atoms with Crippen molar-refractivity contribution in [3.63, 3.8) is 0 Å². The summed E-state index contributed by atoms with van der Waals surface area (Å²) in [5.41, 5.74) is 0. The highest BCUT2D eigenvalue weighted by Gasteiger charge is 2.26. The third kappa shape index (κ3) is 2.56. The summed E-state index contributed by atoms with van der Waals surface area (Å²) < 4.78 is 0. The van der Waals surface area contributed by atoms with Crippen molar-refractivity contribution >= 4 is 17.3 Å². The van der Waals surface area contributed by atoms with Crippen molar-refractivity contribution in [2.24, 2.45) is 0 Å². The number of carbonyl (C=O) groups is 1. The number of thiophene rings is 1. The van der Waals surface area contributed by atoms with E-state index in [1.165, 1.54) is 12.8 Å². The minimum Gasteiger partial charge on any atom is -0.481 e. The number of aliphatic carboxylic acids is 1. The first-order valence-corrected chi connectivity index (χ1v) is 5.65. The number of hydrogen-bond acceptors (Lipinski definition) is 3. The van der Waals surface area contributed by atoms with Gasteiger partial charge in [-0.25, -0.2) is 0 Å². The van der Waals surface area contributed by atoms with Crippen LogP contribution in [0.25, 0.3) is 0 Å². The fourth-order valence-corrected chi connectivity index (χ4v) is 2.23. The molecule has 1 aliphatic rings. The first-order chi connectivity index (χ1) is 6.75. The molecule has 3 nitrogen and oxygen atoms in total. The van der Waals surface area contributed by atoms with Gasteiger partial charge in [0.1, 0.15) is 0 Å². The Labute approximate surface area is 86.8 Å². The minimum atomic E-state index is -0.739. The van der Waals surface area contributed by atoms with Gasteiger partial charge in [-0.05, 0) is 24.3 Å². The second-order valence-corrected chi connectivity index (χ2v) is 4.59. The zero-order valence-corrected chi connectivity index (χ0v) is 8.59. The van der Waals surface area contributed by atoms with Crippen LogP contribution in [0.1, 0.15) is 30.2 Å². The molecule has 1 saturated carbocycles. The Morgan fingerprint density at radius 3 is 3.00 bits per heavy atom. The fourth-order valence-electron chi connectivity index (χ4n) is 1.44. The lowest BCUT2D eigenvalue weighted by atomic mass is 10.1. The van der Waals surface area contributed by atoms with E-state index in [1.54, 1.807) is 11.3 Å². The van der Waals surface area contributed by atoms with E-state index >= 15 is 0 Å². The molecule has 1 heterocycles. The van der Waals surface area contributed by atoms with Crippen molar-refractivity contribution in [2.45, 2.75) is 31.3 Å². The van der Waals surface area contributed by atoms with Gasteiger partial charge in [0, 0.05) is 10.9 Å². The first kappa shape index (κ1) is 9.68. The quantitative estimate of drug-likeness (QED) is 0.783. The van der Waals surface area contributed by atoms with E-state index in [9.17, 15) is 4.79 Å². The maximum Gasteiger partial charge on any atom is 0.305 e. The standard InChI is InChI=1S/C10H13NO2S/c12-10(13)6-8(11-7-3-4-7)9-2-1-5-14-9/h1-2,5,7-8,11H,3-4,6H2,(H,12,13). The number of nitrogens with one attached hydrogen (secondary N) is 1. The number of hydrogen-bond donors (Lipinski definition) is 2. The average molecular weight is 211 g/mol. The summed E-state index contributed by atoms with van der Waals surface area (Å²) in [6.45, 7) is 0. The van der Waals surface area contributed by atoms with Crippen LogP contribution in [-0.2, 0) is 4.79 Å². The van der Waals surface area contributed by atoms with E-state index in [1.807, 2.05) is 17.5 Å². The average Bonchev–Trinajstić information content (AvgIpc) is 2.79. The highest BCUT2D eigenvalue weighted by molar-refractivity contribution is 7.10. The number of carboxylic acids is 1. The third-order valence-corrected chi connectivity index (χ3v) is 3.27. The normalized spacial score (nSPS) is 18.0. The van der Waals surface area contributed by atoms with E-state index in [2.05, 4.69) is 5.32 Å². The Bertz CT molecular complexity index is 306. The lowest BCUT2D eigenvalue weighted by Gasteiger charge is -2.14. The van der Waals surface area contributed by atoms with Gasteiger partial charge in [0.2, 0.25) is 0 Å². The molecule has 1 aromatic heterocycles. The highest BCUT2D eigenvalue weighted by Crippen LogP contribution is 2.28. The van der Waals surface area contributed by atoms with Crippen molar-refractivity contribution in [1.29, 1.82) is 0 Å². The molecule has 0 spiro atoms. The summed E-state index contributed by atoms with van der Waals surface area (Å²) in [4.78, 5) is 11.8. The van der Waals surface area contributed by atoms with E-state index < -0.39 is 5.97 Å². The van der Waals surface area contributed by atoms with E-state index in [0.717, 1.165) is 4.88 Å². The summed E-state index contributed by atoms with van der Waals surface area (Å²) in [6.07, 6.45) is 2.54. The molecule has 1 aromatic rings. The summed E-state index contributed by atoms with van der Waals surface area (Å²) in [5.74, 6) is -0.739. The van der Waals surface area contributed by atoms with Crippen LogP contribution < -0.4 is 5.32 Å². The molecule has 0 aromatic carbocycles. The molecule has 14 heavy (non-hydrogen) atoms. The predicted molar refractivity (Wildman–Crippen MR) is 55.5 cm³/mol. The molecule has 2 N–H and O–H groups in total. The van der Waals surface area contributed by atoms with Crippen LogP contribution in [0.3, 0.4) is 0 Å². The Morgan fingerprint density at radius 2 is 2.50 bits per heavy atom. The largest absolute Gasteiger partial charge is 0.481 e. The van der Waals surface area contributed by atoms with Gasteiger partial charge in [0.25, 0.3) is 0 Å². The van der Waals surface area contributed by atoms with Gasteiger partial charge in [-0.3, -0.25) is 4.79 Å². The van der Waals surface area contributed by atoms with Crippen LogP contribution in [0, 0.1) is 0 Å². The molecule has 2 rings (SSSR count). The van der Waals surface area contributed by atoms with Crippen LogP contribution in [-0.4, -0.2) is 17.1 Å². The van der Waals surface area contributed by atoms with Gasteiger partial charge in [-0.1, -0.05) is 6.07 Å². The summed E-state index contributed by atoms with van der Waals surface area (Å²) >= 11 is 1.62. The third-order valence-electron chi connectivity index (χ3n) is 2.28. The van der Waals surface area contributed by atoms with E-state index in [0.29, 0.717) is 6.04 Å². The summed E-state index contributed by atoms with van der Waals surface area (Å²) in [6, 6.07) is 4.50. The van der Waals surface area contributed by atoms with Gasteiger partial charge in [-0.2, -0.15) is 0 Å². The molecule has 0 amide bonds. The Morgan fingerprint density at radius 1 is 1.71 bits per heavy atom. The zero-order chi connectivity index (χ0) is 9.97. The molecule has 0 radical (unpaired) electrons. The maximum atomic E-state index is 10.7. The number of carboxylic acid groups (broad SMARTS) is 1. The van der Waals surface area contributed by atoms with Crippen molar-refractivity contribution in [3.05, 3.63) is 22.4 Å². The first-order valence-electron chi connectivity index (χ1n) is 4.77. The Kier molecular flexibility index (Phi) is 2.84. The second-order valence-electron chi connectivity index (χ2n) is 3.61. The molecule has 4 heteroatoms. The van der Waals surface area contributed by atoms with Gasteiger partial charge < -0.3 is 10.4 Å². The molecule has 76 valence electrons. The van der Waals surface area contributed by atoms with Crippen molar-refractivity contribution < 1.29 is 9.90 Å². The molecule has 1 fully saturated rings. The molecule has 1 unspecified atom stereocenters. The monoisotopic (exact) mass is 211 g/mol. The van der Waals surface area contributed by atoms with Gasteiger partial charge in [0.15, 0.2) is 0 Å². The van der Waals surface area contributed by atoms with Crippen molar-refractivity contribution in [3.8, 4) is 0 Å². The molecule has 1 atom stereocenters. The lowest BCUT2D eigenvalue weighted by Crippen LogP contribution is -2.24. The van der Waals surface area contributed by atoms with Crippen molar-refractivity contribution in [2.75, 3.05) is 0 Å². The molecule has 0 saturated heterocycles. The smallest absolute Gasteiger partial charge is 0.305 e. The lowest BCUT2D eigenvalue weighted by molar-refractivity contribution is -0.137. The fraction of sp³-hybridized carbons (Fsp3) is 0.500. The second kappa shape index (κ2) is 4.11. The molecular weight excluding hydrogens is 198 g/mol. The number of rotatable bonds is 5.